The van der Waals surface area contributed by atoms with E-state index < -0.39 is 0 Å². The number of nitrogens with zero attached hydrogens (tertiary/aromatic N) is 1. The number of hydrogen-bond donors (Lipinski definition) is 2. The monoisotopic (exact) mass is 411 g/mol. The molecule has 0 bridgehead atoms. The number of carbonyl (C=O) groups excluding carboxylic acids is 2. The van der Waals surface area contributed by atoms with Gasteiger partial charge in [-0.25, -0.2) is 4.39 Å². The number of carbonyl (C=O) groups is 2. The molecule has 0 saturated carbocycles. The summed E-state index contributed by atoms with van der Waals surface area (Å²) in [5.41, 5.74) is 1.25. The van der Waals surface area contributed by atoms with Crippen LogP contribution >= 0.6 is 23.2 Å². The Bertz CT molecular complexity index is 815. The number of nitrogens with one attached hydrogen (secondary N) is 2. The van der Waals surface area contributed by atoms with Gasteiger partial charge in [0.15, 0.2) is 0 Å². The summed E-state index contributed by atoms with van der Waals surface area (Å²) in [6.45, 7) is 1.86. The molecule has 0 aromatic heterocycles. The Balaban J connectivity index is 1.82. The van der Waals surface area contributed by atoms with Gasteiger partial charge in [-0.05, 0) is 55.9 Å². The molecule has 1 atom stereocenters. The standard InChI is InChI=1S/C19H20Cl2FN3O2/c1-12(16-8-3-13(20)9-17(16)21)23-18(26)10-25(2)11-19(27)24-15-6-4-14(22)5-7-15/h3-9,12H,10-11H2,1-2H3,(H,23,26)(H,24,27)/t12-/m1/s1. The van der Waals surface area contributed by atoms with E-state index in [0.717, 1.165) is 5.56 Å². The number of rotatable bonds is 7. The average molecular weight is 412 g/mol. The lowest BCUT2D eigenvalue weighted by Crippen LogP contribution is -2.39. The van der Waals surface area contributed by atoms with Gasteiger partial charge in [-0.3, -0.25) is 14.5 Å². The fraction of sp³-hybridized carbons (Fsp3) is 0.263. The lowest BCUT2D eigenvalue weighted by Gasteiger charge is -2.19. The van der Waals surface area contributed by atoms with Gasteiger partial charge >= 0.3 is 0 Å². The van der Waals surface area contributed by atoms with Gasteiger partial charge in [-0.15, -0.1) is 0 Å². The summed E-state index contributed by atoms with van der Waals surface area (Å²) < 4.78 is 12.9. The predicted octanol–water partition coefficient (Wildman–Crippen LogP) is 3.88. The summed E-state index contributed by atoms with van der Waals surface area (Å²) in [7, 11) is 1.66. The molecular weight excluding hydrogens is 392 g/mol. The Morgan fingerprint density at radius 2 is 1.70 bits per heavy atom. The first kappa shape index (κ1) is 21.2. The second-order valence-corrected chi connectivity index (χ2v) is 7.03. The molecule has 0 unspecified atom stereocenters. The van der Waals surface area contributed by atoms with Crippen LogP contribution in [0.1, 0.15) is 18.5 Å². The lowest BCUT2D eigenvalue weighted by atomic mass is 10.1. The van der Waals surface area contributed by atoms with Crippen molar-refractivity contribution in [2.75, 3.05) is 25.5 Å². The average Bonchev–Trinajstić information content (AvgIpc) is 2.56. The molecule has 2 amide bonds. The van der Waals surface area contributed by atoms with E-state index in [0.29, 0.717) is 15.7 Å². The molecule has 0 saturated heterocycles. The largest absolute Gasteiger partial charge is 0.348 e. The maximum Gasteiger partial charge on any atom is 0.238 e. The highest BCUT2D eigenvalue weighted by atomic mass is 35.5. The highest BCUT2D eigenvalue weighted by molar-refractivity contribution is 6.35. The van der Waals surface area contributed by atoms with Gasteiger partial charge < -0.3 is 10.6 Å². The number of likely N-dealkylation sites (N-methyl/N-ethyl adjacent to an activating group) is 1. The van der Waals surface area contributed by atoms with Gasteiger partial charge in [0, 0.05) is 15.7 Å². The van der Waals surface area contributed by atoms with Crippen LogP contribution in [0, 0.1) is 5.82 Å². The van der Waals surface area contributed by atoms with Crippen molar-refractivity contribution in [3.63, 3.8) is 0 Å². The van der Waals surface area contributed by atoms with Gasteiger partial charge in [0.25, 0.3) is 0 Å². The first-order valence-corrected chi connectivity index (χ1v) is 8.98. The Kier molecular flexibility index (Phi) is 7.59. The molecule has 0 heterocycles. The minimum atomic E-state index is -0.378. The van der Waals surface area contributed by atoms with Gasteiger partial charge in [0.05, 0.1) is 19.1 Å². The SMILES string of the molecule is C[C@@H](NC(=O)CN(C)CC(=O)Nc1ccc(F)cc1)c1ccc(Cl)cc1Cl. The first-order valence-electron chi connectivity index (χ1n) is 8.23. The van der Waals surface area contributed by atoms with Gasteiger partial charge in [-0.2, -0.15) is 0 Å². The molecule has 8 heteroatoms. The van der Waals surface area contributed by atoms with Crippen molar-refractivity contribution in [2.24, 2.45) is 0 Å². The maximum atomic E-state index is 12.9. The summed E-state index contributed by atoms with van der Waals surface area (Å²) in [6, 6.07) is 10.2. The number of benzene rings is 2. The van der Waals surface area contributed by atoms with Crippen LogP contribution in [0.5, 0.6) is 0 Å². The summed E-state index contributed by atoms with van der Waals surface area (Å²) >= 11 is 12.0. The Labute approximate surface area is 167 Å². The van der Waals surface area contributed by atoms with Crippen molar-refractivity contribution in [3.8, 4) is 0 Å². The van der Waals surface area contributed by atoms with Crippen LogP contribution in [0.2, 0.25) is 10.0 Å². The molecule has 144 valence electrons. The van der Waals surface area contributed by atoms with Crippen LogP contribution < -0.4 is 10.6 Å². The highest BCUT2D eigenvalue weighted by Gasteiger charge is 2.15. The summed E-state index contributed by atoms with van der Waals surface area (Å²) in [5.74, 6) is -0.923. The predicted molar refractivity (Wildman–Crippen MR) is 106 cm³/mol. The minimum Gasteiger partial charge on any atom is -0.348 e. The van der Waals surface area contributed by atoms with Crippen LogP contribution in [0.3, 0.4) is 0 Å². The molecule has 0 radical (unpaired) electrons. The van der Waals surface area contributed by atoms with E-state index in [9.17, 15) is 14.0 Å². The van der Waals surface area contributed by atoms with Crippen LogP contribution in [-0.4, -0.2) is 36.9 Å². The van der Waals surface area contributed by atoms with E-state index in [1.54, 1.807) is 30.1 Å². The molecule has 2 aromatic rings. The van der Waals surface area contributed by atoms with Gasteiger partial charge in [0.1, 0.15) is 5.82 Å². The van der Waals surface area contributed by atoms with E-state index in [-0.39, 0.29) is 36.8 Å². The quantitative estimate of drug-likeness (QED) is 0.726. The molecule has 2 N–H and O–H groups in total. The van der Waals surface area contributed by atoms with Crippen molar-refractivity contribution in [1.29, 1.82) is 0 Å². The second-order valence-electron chi connectivity index (χ2n) is 6.18. The van der Waals surface area contributed by atoms with Crippen LogP contribution in [0.15, 0.2) is 42.5 Å². The smallest absolute Gasteiger partial charge is 0.238 e. The topological polar surface area (TPSA) is 61.4 Å². The van der Waals surface area contributed by atoms with Crippen molar-refractivity contribution in [1.82, 2.24) is 10.2 Å². The molecular formula is C19H20Cl2FN3O2. The second kappa shape index (κ2) is 9.69. The molecule has 5 nitrogen and oxygen atoms in total. The number of amides is 2. The highest BCUT2D eigenvalue weighted by Crippen LogP contribution is 2.26. The molecule has 0 aliphatic carbocycles. The van der Waals surface area contributed by atoms with E-state index in [1.165, 1.54) is 24.3 Å². The van der Waals surface area contributed by atoms with Gasteiger partial charge in [-0.1, -0.05) is 29.3 Å². The van der Waals surface area contributed by atoms with Crippen molar-refractivity contribution in [2.45, 2.75) is 13.0 Å². The number of halogens is 3. The van der Waals surface area contributed by atoms with Crippen LogP contribution in [0.4, 0.5) is 10.1 Å². The van der Waals surface area contributed by atoms with Crippen molar-refractivity contribution in [3.05, 3.63) is 63.9 Å². The first-order chi connectivity index (χ1) is 12.7. The third-order valence-electron chi connectivity index (χ3n) is 3.76. The Hall–Kier alpha value is -2.15. The lowest BCUT2D eigenvalue weighted by molar-refractivity contribution is -0.123. The minimum absolute atomic E-state index is 0.0148. The molecule has 0 aliphatic rings. The zero-order valence-corrected chi connectivity index (χ0v) is 16.4. The van der Waals surface area contributed by atoms with Crippen molar-refractivity contribution >= 4 is 40.7 Å². The van der Waals surface area contributed by atoms with E-state index in [4.69, 9.17) is 23.2 Å². The van der Waals surface area contributed by atoms with E-state index >= 15 is 0 Å². The molecule has 0 spiro atoms. The van der Waals surface area contributed by atoms with Gasteiger partial charge in [0.2, 0.25) is 11.8 Å². The number of anilines is 1. The Morgan fingerprint density at radius 1 is 1.07 bits per heavy atom. The summed E-state index contributed by atoms with van der Waals surface area (Å²) in [6.07, 6.45) is 0. The fourth-order valence-electron chi connectivity index (χ4n) is 2.50. The molecule has 0 aliphatic heterocycles. The van der Waals surface area contributed by atoms with E-state index in [1.807, 2.05) is 6.92 Å². The molecule has 0 fully saturated rings. The fourth-order valence-corrected chi connectivity index (χ4v) is 3.07. The normalized spacial score (nSPS) is 11.9. The third-order valence-corrected chi connectivity index (χ3v) is 4.32. The van der Waals surface area contributed by atoms with Crippen LogP contribution in [0.25, 0.3) is 0 Å². The third kappa shape index (κ3) is 6.82. The summed E-state index contributed by atoms with van der Waals surface area (Å²) in [4.78, 5) is 25.8. The summed E-state index contributed by atoms with van der Waals surface area (Å²) in [5, 5.41) is 6.48. The molecule has 27 heavy (non-hydrogen) atoms. The van der Waals surface area contributed by atoms with E-state index in [2.05, 4.69) is 10.6 Å². The van der Waals surface area contributed by atoms with Crippen molar-refractivity contribution < 1.29 is 14.0 Å². The maximum absolute atomic E-state index is 12.9. The zero-order chi connectivity index (χ0) is 20.0. The van der Waals surface area contributed by atoms with Crippen LogP contribution in [-0.2, 0) is 9.59 Å². The number of hydrogen-bond acceptors (Lipinski definition) is 3. The molecule has 2 rings (SSSR count). The Morgan fingerprint density at radius 3 is 2.33 bits per heavy atom. The molecule has 2 aromatic carbocycles. The zero-order valence-electron chi connectivity index (χ0n) is 14.9.